The molecule has 67 heavy (non-hydrogen) atoms. The van der Waals surface area contributed by atoms with Gasteiger partial charge in [-0.1, -0.05) is 142 Å². The van der Waals surface area contributed by atoms with Gasteiger partial charge < -0.3 is 24.0 Å². The van der Waals surface area contributed by atoms with Crippen molar-refractivity contribution in [2.75, 3.05) is 76.7 Å². The SMILES string of the molecule is CCCCCCCCCCCCCCCCCCCCCCOc1ccc(S(=O)(=O)c2cnc3ccc([S+](C)[O-])cc3c2N2CCC(N3CCC(N4CCN(CCCC)CC4)CC3)CC2)cc1. The molecule has 376 valence electrons. The summed E-state index contributed by atoms with van der Waals surface area (Å²) in [5, 5.41) is 0.748. The summed E-state index contributed by atoms with van der Waals surface area (Å²) in [6, 6.07) is 13.7. The predicted molar refractivity (Wildman–Crippen MR) is 282 cm³/mol. The Balaban J connectivity index is 0.916. The van der Waals surface area contributed by atoms with Crippen LogP contribution < -0.4 is 9.64 Å². The molecule has 1 atom stereocenters. The van der Waals surface area contributed by atoms with Gasteiger partial charge in [-0.05, 0) is 106 Å². The Labute approximate surface area is 411 Å². The topological polar surface area (TPSA) is 92.3 Å². The van der Waals surface area contributed by atoms with Gasteiger partial charge in [-0.3, -0.25) is 9.88 Å². The molecule has 0 spiro atoms. The van der Waals surface area contributed by atoms with Crippen LogP contribution in [-0.4, -0.2) is 117 Å². The Morgan fingerprint density at radius 1 is 0.612 bits per heavy atom. The highest BCUT2D eigenvalue weighted by molar-refractivity contribution is 7.91. The van der Waals surface area contributed by atoms with Gasteiger partial charge in [-0.25, -0.2) is 8.42 Å². The molecule has 11 heteroatoms. The number of piperazine rings is 1. The number of fused-ring (bicyclic) bond motifs is 1. The molecule has 3 aliphatic rings. The van der Waals surface area contributed by atoms with Crippen molar-refractivity contribution in [3.63, 3.8) is 0 Å². The number of hydrogen-bond donors (Lipinski definition) is 0. The number of hydrogen-bond acceptors (Lipinski definition) is 9. The third-order valence-electron chi connectivity index (χ3n) is 15.3. The van der Waals surface area contributed by atoms with E-state index in [2.05, 4.69) is 38.4 Å². The number of aromatic nitrogens is 1. The van der Waals surface area contributed by atoms with Gasteiger partial charge >= 0.3 is 0 Å². The number of anilines is 1. The van der Waals surface area contributed by atoms with Gasteiger partial charge in [-0.2, -0.15) is 0 Å². The van der Waals surface area contributed by atoms with E-state index >= 15 is 0 Å². The second-order valence-electron chi connectivity index (χ2n) is 20.4. The molecule has 0 radical (unpaired) electrons. The maximum Gasteiger partial charge on any atom is 0.210 e. The zero-order chi connectivity index (χ0) is 47.1. The van der Waals surface area contributed by atoms with Gasteiger partial charge in [0.2, 0.25) is 9.84 Å². The van der Waals surface area contributed by atoms with E-state index < -0.39 is 21.0 Å². The van der Waals surface area contributed by atoms with E-state index in [4.69, 9.17) is 4.74 Å². The monoisotopic (exact) mass is 962 g/mol. The van der Waals surface area contributed by atoms with Crippen LogP contribution in [-0.2, 0) is 21.0 Å². The maximum atomic E-state index is 14.6. The smallest absolute Gasteiger partial charge is 0.210 e. The minimum atomic E-state index is -3.93. The van der Waals surface area contributed by atoms with Crippen LogP contribution in [0.1, 0.15) is 181 Å². The number of pyridine rings is 1. The molecule has 0 bridgehead atoms. The molecule has 0 saturated carbocycles. The Hall–Kier alpha value is -2.41. The Morgan fingerprint density at radius 2 is 1.10 bits per heavy atom. The lowest BCUT2D eigenvalue weighted by Gasteiger charge is -2.46. The van der Waals surface area contributed by atoms with Crippen molar-refractivity contribution in [2.24, 2.45) is 0 Å². The number of benzene rings is 2. The van der Waals surface area contributed by atoms with Crippen LogP contribution in [0.25, 0.3) is 10.9 Å². The first-order valence-electron chi connectivity index (χ1n) is 27.5. The second-order valence-corrected chi connectivity index (χ2v) is 23.7. The van der Waals surface area contributed by atoms with E-state index in [0.717, 1.165) is 57.2 Å². The van der Waals surface area contributed by atoms with Crippen molar-refractivity contribution < 1.29 is 17.7 Å². The minimum absolute atomic E-state index is 0.214. The van der Waals surface area contributed by atoms with Gasteiger partial charge in [0.05, 0.1) is 22.7 Å². The summed E-state index contributed by atoms with van der Waals surface area (Å²) in [4.78, 5) is 16.2. The van der Waals surface area contributed by atoms with Crippen molar-refractivity contribution in [2.45, 2.75) is 208 Å². The van der Waals surface area contributed by atoms with Crippen LogP contribution in [0.4, 0.5) is 5.69 Å². The quantitative estimate of drug-likeness (QED) is 0.0462. The van der Waals surface area contributed by atoms with E-state index in [0.29, 0.717) is 40.5 Å². The highest BCUT2D eigenvalue weighted by Crippen LogP contribution is 2.39. The van der Waals surface area contributed by atoms with E-state index in [1.165, 1.54) is 174 Å². The third-order valence-corrected chi connectivity index (χ3v) is 18.0. The predicted octanol–water partition coefficient (Wildman–Crippen LogP) is 12.9. The van der Waals surface area contributed by atoms with Gasteiger partial charge in [-0.15, -0.1) is 0 Å². The molecule has 3 saturated heterocycles. The van der Waals surface area contributed by atoms with E-state index in [-0.39, 0.29) is 9.79 Å². The summed E-state index contributed by atoms with van der Waals surface area (Å²) in [6.45, 7) is 15.0. The van der Waals surface area contributed by atoms with E-state index in [9.17, 15) is 13.0 Å². The first-order chi connectivity index (χ1) is 32.8. The van der Waals surface area contributed by atoms with Crippen molar-refractivity contribution in [3.05, 3.63) is 48.7 Å². The molecule has 9 nitrogen and oxygen atoms in total. The van der Waals surface area contributed by atoms with Gasteiger partial charge in [0.25, 0.3) is 0 Å². The molecular weight excluding hydrogens is 871 g/mol. The fourth-order valence-corrected chi connectivity index (χ4v) is 13.0. The van der Waals surface area contributed by atoms with E-state index in [1.54, 1.807) is 36.7 Å². The van der Waals surface area contributed by atoms with Gasteiger partial charge in [0.1, 0.15) is 16.9 Å². The number of likely N-dealkylation sites (tertiary alicyclic amines) is 1. The third kappa shape index (κ3) is 17.2. The summed E-state index contributed by atoms with van der Waals surface area (Å²) in [6.07, 6.45) is 37.4. The molecule has 1 aromatic heterocycles. The van der Waals surface area contributed by atoms with Crippen LogP contribution in [0.3, 0.4) is 0 Å². The Morgan fingerprint density at radius 3 is 1.63 bits per heavy atom. The second kappa shape index (κ2) is 29.7. The van der Waals surface area contributed by atoms with Crippen LogP contribution >= 0.6 is 0 Å². The number of sulfone groups is 1. The Kier molecular flexibility index (Phi) is 23.9. The number of unbranched alkanes of at least 4 members (excludes halogenated alkanes) is 20. The van der Waals surface area contributed by atoms with E-state index in [1.807, 2.05) is 18.2 Å². The molecule has 3 aliphatic heterocycles. The van der Waals surface area contributed by atoms with Crippen molar-refractivity contribution >= 4 is 37.6 Å². The van der Waals surface area contributed by atoms with Crippen LogP contribution in [0.5, 0.6) is 5.75 Å². The fraction of sp³-hybridized carbons (Fsp3) is 0.732. The number of piperidine rings is 2. The lowest BCUT2D eigenvalue weighted by atomic mass is 9.96. The van der Waals surface area contributed by atoms with Crippen molar-refractivity contribution in [1.82, 2.24) is 19.7 Å². The highest BCUT2D eigenvalue weighted by atomic mass is 32.2. The molecule has 3 aromatic rings. The zero-order valence-electron chi connectivity index (χ0n) is 42.4. The molecular formula is C56H91N5O4S2. The average molecular weight is 963 g/mol. The summed E-state index contributed by atoms with van der Waals surface area (Å²) < 4.78 is 47.9. The zero-order valence-corrected chi connectivity index (χ0v) is 44.0. The van der Waals surface area contributed by atoms with Crippen molar-refractivity contribution in [1.29, 1.82) is 0 Å². The van der Waals surface area contributed by atoms with Crippen LogP contribution in [0.15, 0.2) is 63.3 Å². The molecule has 2 aromatic carbocycles. The first-order valence-corrected chi connectivity index (χ1v) is 30.5. The van der Waals surface area contributed by atoms with Crippen LogP contribution in [0.2, 0.25) is 0 Å². The molecule has 0 amide bonds. The van der Waals surface area contributed by atoms with Gasteiger partial charge in [0.15, 0.2) is 4.90 Å². The normalized spacial score (nSPS) is 18.0. The summed E-state index contributed by atoms with van der Waals surface area (Å²) in [5.74, 6) is 0.694. The summed E-state index contributed by atoms with van der Waals surface area (Å²) in [5.41, 5.74) is 1.40. The molecule has 0 N–H and O–H groups in total. The Bertz CT molecular complexity index is 1920. The summed E-state index contributed by atoms with van der Waals surface area (Å²) in [7, 11) is -3.93. The standard InChI is InChI=1S/C56H91N5O4S2/c1-4-6-8-9-10-11-12-13-14-15-16-17-18-19-20-21-22-23-24-25-45-65-50-26-29-52(30-27-50)67(63,64)55-47-57-54-31-28-51(66(3)62)46-53(54)56(55)61-39-34-48(35-40-61)59-37-32-49(33-38-59)60-43-41-58(42-44-60)36-7-5-2/h26-31,46-49H,4-25,32-45H2,1-3H3. The first kappa shape index (κ1) is 53.9. The maximum absolute atomic E-state index is 14.6. The highest BCUT2D eigenvalue weighted by Gasteiger charge is 2.34. The van der Waals surface area contributed by atoms with Gasteiger partial charge in [0, 0.05) is 69.0 Å². The largest absolute Gasteiger partial charge is 0.612 e. The molecule has 0 aliphatic carbocycles. The molecule has 6 rings (SSSR count). The average Bonchev–Trinajstić information content (AvgIpc) is 3.36. The molecule has 4 heterocycles. The van der Waals surface area contributed by atoms with Crippen molar-refractivity contribution in [3.8, 4) is 5.75 Å². The fourth-order valence-electron chi connectivity index (χ4n) is 11.0. The number of ether oxygens (including phenoxy) is 1. The molecule has 1 unspecified atom stereocenters. The molecule has 3 fully saturated rings. The summed E-state index contributed by atoms with van der Waals surface area (Å²) >= 11 is -1.22. The lowest BCUT2D eigenvalue weighted by molar-refractivity contribution is 0.0434. The minimum Gasteiger partial charge on any atom is -0.612 e. The lowest BCUT2D eigenvalue weighted by Crippen LogP contribution is -2.55. The number of rotatable bonds is 31. The van der Waals surface area contributed by atoms with Crippen LogP contribution in [0, 0.1) is 0 Å². The number of nitrogens with zero attached hydrogens (tertiary/aromatic N) is 5.